The fourth-order valence-electron chi connectivity index (χ4n) is 1.94. The van der Waals surface area contributed by atoms with E-state index < -0.39 is 29.7 Å². The van der Waals surface area contributed by atoms with Gasteiger partial charge in [-0.15, -0.1) is 0 Å². The summed E-state index contributed by atoms with van der Waals surface area (Å²) < 4.78 is 37.6. The molecule has 6 heteroatoms. The molecule has 0 amide bonds. The van der Waals surface area contributed by atoms with Crippen molar-refractivity contribution < 1.29 is 18.0 Å². The Balaban J connectivity index is 2.30. The normalized spacial score (nSPS) is 26.5. The summed E-state index contributed by atoms with van der Waals surface area (Å²) in [6.45, 7) is 0. The number of hydrogen-bond acceptors (Lipinski definition) is 2. The van der Waals surface area contributed by atoms with Gasteiger partial charge in [-0.2, -0.15) is 18.4 Å². The Morgan fingerprint density at radius 3 is 2.33 bits per heavy atom. The van der Waals surface area contributed by atoms with Crippen molar-refractivity contribution in [3.8, 4) is 6.07 Å². The van der Waals surface area contributed by atoms with Crippen LogP contribution in [-0.2, 0) is 0 Å². The van der Waals surface area contributed by atoms with Crippen LogP contribution in [0.4, 0.5) is 13.2 Å². The van der Waals surface area contributed by atoms with Gasteiger partial charge in [-0.25, -0.2) is 0 Å². The summed E-state index contributed by atoms with van der Waals surface area (Å²) in [4.78, 5) is 12.0. The smallest absolute Gasteiger partial charge is 0.292 e. The Morgan fingerprint density at radius 2 is 1.94 bits per heavy atom. The van der Waals surface area contributed by atoms with Crippen LogP contribution in [0.15, 0.2) is 24.3 Å². The highest BCUT2D eigenvalue weighted by atomic mass is 35.5. The SMILES string of the molecule is N#C[C@@]1(C(=O)c2ccc(Cl)cc2)C[C@H]1C(F)(F)F. The van der Waals surface area contributed by atoms with Gasteiger partial charge in [0.15, 0.2) is 5.78 Å². The molecule has 1 aromatic carbocycles. The monoisotopic (exact) mass is 273 g/mol. The molecule has 18 heavy (non-hydrogen) atoms. The molecular formula is C12H7ClF3NO. The molecule has 2 atom stereocenters. The molecule has 1 aliphatic rings. The number of halogens is 4. The second-order valence-electron chi connectivity index (χ2n) is 4.22. The molecule has 1 aliphatic carbocycles. The predicted molar refractivity (Wildman–Crippen MR) is 58.0 cm³/mol. The van der Waals surface area contributed by atoms with Crippen LogP contribution in [-0.4, -0.2) is 12.0 Å². The van der Waals surface area contributed by atoms with E-state index in [4.69, 9.17) is 16.9 Å². The van der Waals surface area contributed by atoms with E-state index in [-0.39, 0.29) is 5.56 Å². The van der Waals surface area contributed by atoms with Crippen molar-refractivity contribution in [1.29, 1.82) is 5.26 Å². The molecule has 0 aliphatic heterocycles. The maximum atomic E-state index is 12.5. The van der Waals surface area contributed by atoms with E-state index >= 15 is 0 Å². The quantitative estimate of drug-likeness (QED) is 0.772. The van der Waals surface area contributed by atoms with Gasteiger partial charge in [-0.3, -0.25) is 4.79 Å². The van der Waals surface area contributed by atoms with Gasteiger partial charge in [-0.05, 0) is 30.7 Å². The first-order chi connectivity index (χ1) is 8.31. The molecule has 2 nitrogen and oxygen atoms in total. The van der Waals surface area contributed by atoms with Crippen molar-refractivity contribution in [2.45, 2.75) is 12.6 Å². The minimum absolute atomic E-state index is 0.0766. The summed E-state index contributed by atoms with van der Waals surface area (Å²) in [6.07, 6.45) is -4.98. The van der Waals surface area contributed by atoms with Crippen LogP contribution in [0.5, 0.6) is 0 Å². The Kier molecular flexibility index (Phi) is 2.86. The van der Waals surface area contributed by atoms with Crippen LogP contribution in [0.2, 0.25) is 5.02 Å². The average Bonchev–Trinajstić information content (AvgIpc) is 3.05. The lowest BCUT2D eigenvalue weighted by Gasteiger charge is -2.10. The van der Waals surface area contributed by atoms with E-state index in [2.05, 4.69) is 0 Å². The third kappa shape index (κ3) is 1.97. The third-order valence-corrected chi connectivity index (χ3v) is 3.32. The van der Waals surface area contributed by atoms with E-state index in [9.17, 15) is 18.0 Å². The van der Waals surface area contributed by atoms with Crippen molar-refractivity contribution in [2.75, 3.05) is 0 Å². The minimum atomic E-state index is -4.52. The van der Waals surface area contributed by atoms with E-state index in [1.54, 1.807) is 0 Å². The van der Waals surface area contributed by atoms with Crippen LogP contribution in [0, 0.1) is 22.7 Å². The molecule has 0 bridgehead atoms. The standard InChI is InChI=1S/C12H7ClF3NO/c13-8-3-1-7(2-4-8)10(18)11(6-17)5-9(11)12(14,15)16/h1-4,9H,5H2/t9-,11+/m1/s1. The maximum Gasteiger partial charge on any atom is 0.393 e. The number of carbonyl (C=O) groups excluding carboxylic acids is 1. The zero-order valence-corrected chi connectivity index (χ0v) is 9.72. The second-order valence-corrected chi connectivity index (χ2v) is 4.65. The molecule has 0 N–H and O–H groups in total. The molecule has 0 saturated heterocycles. The Morgan fingerprint density at radius 1 is 1.39 bits per heavy atom. The molecule has 2 rings (SSSR count). The predicted octanol–water partition coefficient (Wildman–Crippen LogP) is 3.61. The number of rotatable bonds is 2. The Bertz CT molecular complexity index is 532. The van der Waals surface area contributed by atoms with Crippen LogP contribution in [0.1, 0.15) is 16.8 Å². The maximum absolute atomic E-state index is 12.5. The summed E-state index contributed by atoms with van der Waals surface area (Å²) in [5.74, 6) is -2.65. The third-order valence-electron chi connectivity index (χ3n) is 3.07. The number of hydrogen-bond donors (Lipinski definition) is 0. The van der Waals surface area contributed by atoms with Crippen molar-refractivity contribution in [3.63, 3.8) is 0 Å². The van der Waals surface area contributed by atoms with E-state index in [0.717, 1.165) is 0 Å². The largest absolute Gasteiger partial charge is 0.393 e. The number of ketones is 1. The number of carbonyl (C=O) groups is 1. The summed E-state index contributed by atoms with van der Waals surface area (Å²) in [5.41, 5.74) is -1.88. The van der Waals surface area contributed by atoms with Crippen molar-refractivity contribution >= 4 is 17.4 Å². The minimum Gasteiger partial charge on any atom is -0.292 e. The Hall–Kier alpha value is -1.54. The van der Waals surface area contributed by atoms with Gasteiger partial charge in [0.1, 0.15) is 5.41 Å². The summed E-state index contributed by atoms with van der Waals surface area (Å²) in [6, 6.07) is 6.99. The fraction of sp³-hybridized carbons (Fsp3) is 0.333. The van der Waals surface area contributed by atoms with Gasteiger partial charge in [-0.1, -0.05) is 11.6 Å². The van der Waals surface area contributed by atoms with Gasteiger partial charge >= 0.3 is 6.18 Å². The fourth-order valence-corrected chi connectivity index (χ4v) is 2.07. The number of benzene rings is 1. The van der Waals surface area contributed by atoms with Crippen LogP contribution in [0.3, 0.4) is 0 Å². The Labute approximate surface area is 106 Å². The number of nitriles is 1. The first-order valence-corrected chi connectivity index (χ1v) is 5.47. The van der Waals surface area contributed by atoms with Crippen LogP contribution in [0.25, 0.3) is 0 Å². The van der Waals surface area contributed by atoms with Crippen LogP contribution < -0.4 is 0 Å². The van der Waals surface area contributed by atoms with Crippen molar-refractivity contribution in [1.82, 2.24) is 0 Å². The number of nitrogens with zero attached hydrogens (tertiary/aromatic N) is 1. The van der Waals surface area contributed by atoms with Gasteiger partial charge in [0.25, 0.3) is 0 Å². The van der Waals surface area contributed by atoms with Crippen LogP contribution >= 0.6 is 11.6 Å². The molecule has 0 unspecified atom stereocenters. The first-order valence-electron chi connectivity index (χ1n) is 5.09. The van der Waals surface area contributed by atoms with Gasteiger partial charge in [0, 0.05) is 10.6 Å². The highest BCUT2D eigenvalue weighted by Crippen LogP contribution is 2.61. The van der Waals surface area contributed by atoms with Crippen molar-refractivity contribution in [3.05, 3.63) is 34.9 Å². The highest BCUT2D eigenvalue weighted by Gasteiger charge is 2.71. The van der Waals surface area contributed by atoms with E-state index in [1.165, 1.54) is 30.3 Å². The topological polar surface area (TPSA) is 40.9 Å². The van der Waals surface area contributed by atoms with E-state index in [0.29, 0.717) is 5.02 Å². The molecule has 1 saturated carbocycles. The molecule has 1 fully saturated rings. The summed E-state index contributed by atoms with van der Waals surface area (Å²) in [7, 11) is 0. The zero-order valence-electron chi connectivity index (χ0n) is 8.96. The first kappa shape index (κ1) is 12.9. The molecular weight excluding hydrogens is 267 g/mol. The molecule has 0 radical (unpaired) electrons. The molecule has 1 aromatic rings. The van der Waals surface area contributed by atoms with Gasteiger partial charge < -0.3 is 0 Å². The lowest BCUT2D eigenvalue weighted by atomic mass is 9.93. The average molecular weight is 274 g/mol. The van der Waals surface area contributed by atoms with E-state index in [1.807, 2.05) is 0 Å². The number of Topliss-reactive ketones (excluding diaryl/α,β-unsaturated/α-hetero) is 1. The van der Waals surface area contributed by atoms with Crippen molar-refractivity contribution in [2.24, 2.45) is 11.3 Å². The van der Waals surface area contributed by atoms with Gasteiger partial charge in [0.2, 0.25) is 0 Å². The zero-order chi connectivity index (χ0) is 13.6. The molecule has 0 spiro atoms. The lowest BCUT2D eigenvalue weighted by Crippen LogP contribution is -2.23. The highest BCUT2D eigenvalue weighted by molar-refractivity contribution is 6.30. The molecule has 0 aromatic heterocycles. The summed E-state index contributed by atoms with van der Waals surface area (Å²) in [5, 5.41) is 9.26. The van der Waals surface area contributed by atoms with Gasteiger partial charge in [0.05, 0.1) is 12.0 Å². The lowest BCUT2D eigenvalue weighted by molar-refractivity contribution is -0.152. The molecule has 94 valence electrons. The number of alkyl halides is 3. The summed E-state index contributed by atoms with van der Waals surface area (Å²) >= 11 is 5.63. The second kappa shape index (κ2) is 3.99. The molecule has 0 heterocycles.